The van der Waals surface area contributed by atoms with E-state index in [0.29, 0.717) is 26.4 Å². The first-order valence-electron chi connectivity index (χ1n) is 42.1. The molecular formula is C113H130Br3K2Mo3O10Si4-2. The molecule has 0 aliphatic heterocycles. The second-order valence-corrected chi connectivity index (χ2v) is 76.3. The van der Waals surface area contributed by atoms with E-state index in [0.717, 1.165) is 105 Å². The van der Waals surface area contributed by atoms with Crippen molar-refractivity contribution >= 4 is 135 Å². The third-order valence-electron chi connectivity index (χ3n) is 18.9. The van der Waals surface area contributed by atoms with Gasteiger partial charge in [-0.3, -0.25) is 0 Å². The summed E-state index contributed by atoms with van der Waals surface area (Å²) in [7, 11) is -7.34. The minimum atomic E-state index is -3.13. The van der Waals surface area contributed by atoms with Crippen LogP contribution in [0.5, 0.6) is 0 Å². The van der Waals surface area contributed by atoms with E-state index in [9.17, 15) is 19.2 Å². The van der Waals surface area contributed by atoms with Crippen LogP contribution in [-0.2, 0) is 76.0 Å². The summed E-state index contributed by atoms with van der Waals surface area (Å²) in [5.74, 6) is 0. The Balaban J connectivity index is 0. The maximum Gasteiger partial charge on any atom is 0.0572 e. The monoisotopic (exact) mass is 2370 g/mol. The zero-order chi connectivity index (χ0) is 93.2. The van der Waals surface area contributed by atoms with Gasteiger partial charge in [-0.2, -0.15) is 0 Å². The Labute approximate surface area is 942 Å². The second kappa shape index (κ2) is 80.4. The molecular weight excluding hydrogens is 2240 g/mol. The molecule has 135 heavy (non-hydrogen) atoms. The number of rotatable bonds is 22. The van der Waals surface area contributed by atoms with Crippen molar-refractivity contribution in [1.82, 2.24) is 0 Å². The van der Waals surface area contributed by atoms with Gasteiger partial charge in [-0.05, 0) is 74.4 Å². The Hall–Kier alpha value is -5.11. The van der Waals surface area contributed by atoms with Crippen LogP contribution in [0.15, 0.2) is 455 Å². The smallest absolute Gasteiger partial charge is 0.0572 e. The van der Waals surface area contributed by atoms with Crippen molar-refractivity contribution in [1.29, 1.82) is 0 Å². The fourth-order valence-electron chi connectivity index (χ4n) is 12.5. The average molecular weight is 2370 g/mol. The molecule has 15 aromatic rings. The predicted octanol–water partition coefficient (Wildman–Crippen LogP) is 11.6. The van der Waals surface area contributed by atoms with E-state index in [2.05, 4.69) is 71.4 Å². The fourth-order valence-corrected chi connectivity index (χ4v) is 29.6. The maximum absolute atomic E-state index is 13.8. The van der Waals surface area contributed by atoms with Gasteiger partial charge < -0.3 is 77.3 Å². The molecule has 15 aromatic carbocycles. The molecule has 0 unspecified atom stereocenters. The summed E-state index contributed by atoms with van der Waals surface area (Å²) >= 11 is 14.3. The summed E-state index contributed by atoms with van der Waals surface area (Å²) in [5.41, 5.74) is 3.45. The van der Waals surface area contributed by atoms with E-state index < -0.39 is 42.5 Å². The Morgan fingerprint density at radius 2 is 0.407 bits per heavy atom. The molecule has 0 heterocycles. The number of hydrogen-bond donors (Lipinski definition) is 3. The Bertz CT molecular complexity index is 4570. The second-order valence-electron chi connectivity index (χ2n) is 27.5. The quantitative estimate of drug-likeness (QED) is 0.0260. The summed E-state index contributed by atoms with van der Waals surface area (Å²) in [5, 5.41) is 11.8. The van der Waals surface area contributed by atoms with E-state index >= 15 is 0 Å². The van der Waals surface area contributed by atoms with Gasteiger partial charge in [-0.15, -0.1) is 0 Å². The zero-order valence-corrected chi connectivity index (χ0v) is 102. The van der Waals surface area contributed by atoms with Crippen LogP contribution in [0.3, 0.4) is 0 Å². The molecule has 0 aromatic heterocycles. The van der Waals surface area contributed by atoms with Gasteiger partial charge in [-0.25, -0.2) is 0 Å². The molecule has 0 radical (unpaired) electrons. The van der Waals surface area contributed by atoms with Crippen molar-refractivity contribution in [2.75, 3.05) is 81.3 Å². The molecule has 0 aliphatic carbocycles. The first kappa shape index (κ1) is 132. The van der Waals surface area contributed by atoms with Crippen molar-refractivity contribution in [3.05, 3.63) is 501 Å². The van der Waals surface area contributed by atoms with Crippen molar-refractivity contribution in [3.8, 4) is 12.6 Å². The fraction of sp³-hybridized carbons (Fsp3) is 0.142. The van der Waals surface area contributed by atoms with E-state index in [1.165, 1.54) is 0 Å². The molecule has 22 heteroatoms. The molecule has 0 aliphatic rings. The Morgan fingerprint density at radius 3 is 0.519 bits per heavy atom. The summed E-state index contributed by atoms with van der Waals surface area (Å²) in [6, 6.07) is 149. The van der Waals surface area contributed by atoms with Gasteiger partial charge in [0.25, 0.3) is 25.0 Å². The molecule has 701 valence electrons. The van der Waals surface area contributed by atoms with Crippen molar-refractivity contribution in [3.63, 3.8) is 0 Å². The van der Waals surface area contributed by atoms with Crippen molar-refractivity contribution < 1.29 is 198 Å². The number of methoxy groups -OCH3 is 4. The molecule has 0 saturated heterocycles. The van der Waals surface area contributed by atoms with Gasteiger partial charge in [0.15, 0.2) is 0 Å². The van der Waals surface area contributed by atoms with Crippen LogP contribution in [0.4, 0.5) is 0 Å². The molecule has 0 bridgehead atoms. The van der Waals surface area contributed by atoms with Gasteiger partial charge in [0.1, 0.15) is 0 Å². The molecule has 0 fully saturated rings. The third-order valence-corrected chi connectivity index (χ3v) is 38.0. The zero-order valence-electron chi connectivity index (χ0n) is 80.5. The molecule has 15 rings (SSSR count). The Kier molecular flexibility index (Phi) is 78.6. The predicted molar refractivity (Wildman–Crippen MR) is 575 cm³/mol. The van der Waals surface area contributed by atoms with Crippen LogP contribution >= 0.6 is 39.9 Å². The molecule has 0 spiro atoms. The number of benzene rings is 15. The third kappa shape index (κ3) is 49.0. The van der Waals surface area contributed by atoms with E-state index in [4.69, 9.17) is 9.47 Å². The van der Waals surface area contributed by atoms with Crippen molar-refractivity contribution in [2.24, 2.45) is 0 Å². The van der Waals surface area contributed by atoms with Crippen molar-refractivity contribution in [2.45, 2.75) is 27.7 Å². The van der Waals surface area contributed by atoms with Gasteiger partial charge in [0.2, 0.25) is 0 Å². The molecule has 10 nitrogen and oxygen atoms in total. The van der Waals surface area contributed by atoms with Gasteiger partial charge in [-0.1, -0.05) is 380 Å². The Morgan fingerprint density at radius 1 is 0.267 bits per heavy atom. The van der Waals surface area contributed by atoms with Gasteiger partial charge >= 0.3 is 310 Å². The molecule has 3 N–H and O–H groups in total. The number of hydrogen-bond acceptors (Lipinski definition) is 10. The van der Waals surface area contributed by atoms with E-state index in [-0.39, 0.29) is 132 Å². The largest absolute Gasteiger partial charge is 0.848 e. The summed E-state index contributed by atoms with van der Waals surface area (Å²) in [4.78, 5) is 48.5. The van der Waals surface area contributed by atoms with Crippen LogP contribution in [-0.4, -0.2) is 129 Å². The van der Waals surface area contributed by atoms with Crippen LogP contribution in [0.2, 0.25) is 0 Å². The normalized spacial score (nSPS) is 9.90. The van der Waals surface area contributed by atoms with Gasteiger partial charge in [0, 0.05) is 54.9 Å². The summed E-state index contributed by atoms with van der Waals surface area (Å²) < 4.78 is 37.7. The van der Waals surface area contributed by atoms with Crippen LogP contribution in [0.1, 0.15) is 44.4 Å². The first-order chi connectivity index (χ1) is 62.9. The average Bonchev–Trinajstić information content (AvgIpc) is 0.788. The van der Waals surface area contributed by atoms with E-state index in [1.54, 1.807) is 28.4 Å². The molecule has 0 amide bonds. The number of ether oxygens (including phenoxy) is 6. The minimum Gasteiger partial charge on any atom is -0.848 e. The number of halogens is 3. The van der Waals surface area contributed by atoms with Crippen LogP contribution in [0, 0.1) is 42.3 Å². The van der Waals surface area contributed by atoms with Gasteiger partial charge in [0.05, 0.1) is 34.7 Å². The van der Waals surface area contributed by atoms with Crippen LogP contribution < -0.4 is 170 Å². The minimum absolute atomic E-state index is 0. The summed E-state index contributed by atoms with van der Waals surface area (Å²) in [6.45, 7) is 14.1. The maximum atomic E-state index is 13.8. The topological polar surface area (TPSA) is 139 Å². The first-order valence-corrected chi connectivity index (χ1v) is 66.7. The van der Waals surface area contributed by atoms with Crippen LogP contribution in [0.25, 0.3) is 0 Å². The molecule has 0 saturated carbocycles. The summed E-state index contributed by atoms with van der Waals surface area (Å²) in [6.07, 6.45) is 0. The molecule has 0 atom stereocenters. The SMILES string of the molecule is CCOCC.CCOCC.COCCOC.COCCOC.O[Si](c1ccccc1)(c1ccccc1)c1ccccc1.O[Si](c1ccccc1)(c1ccccc1)c1ccccc1.O[Si](c1ccccc1)(c1ccccc1)c1ccccc1.[Br][Mo]([Br])([Br])#[C]c1ccccc1.[CH3-].[CH3-].[CH3-].[CH3-].[K+].[K+].[Mo+]#[C]c1ccccc1.[Mo]#[C]c1ccccc1.[O-][Si](c1ccccc1)(c1ccccc1)c1ccccc1. The van der Waals surface area contributed by atoms with E-state index in [1.807, 2.05) is 521 Å². The standard InChI is InChI=1S/3C18H16OSi.C18H15OSi.3C7H5.2C4H10O2.2C4H10O.4CH3.3BrH.2K.3Mo/c4*19-20(16-10-4-1-5-11-16,17-12-6-2-7-13-17)18-14-8-3-9-15-18;3*1-7-5-3-2-4-6-7;2*1-5-3-4-6-2;2*1-3-5-4-2;;;;;;;;;;;;/h3*1-15,19H;1-15H;3*2-6H;2*3-4H2,1-2H3;2*3-4H2,1-2H3;4*1H3;3*1H;;;;;/q;;;-1;;;;;;;;4*-1;;;;2*+1;;+1;+3/p-3.